The van der Waals surface area contributed by atoms with Crippen LogP contribution in [0.3, 0.4) is 0 Å². The van der Waals surface area contributed by atoms with E-state index in [-0.39, 0.29) is 17.4 Å². The van der Waals surface area contributed by atoms with Crippen molar-refractivity contribution >= 4 is 45.7 Å². The second kappa shape index (κ2) is 11.1. The van der Waals surface area contributed by atoms with Crippen LogP contribution in [0.4, 0.5) is 5.13 Å². The average Bonchev–Trinajstić information content (AvgIpc) is 3.67. The topological polar surface area (TPSA) is 92.6 Å². The smallest absolute Gasteiger partial charge is 0.301 e. The Hall–Kier alpha value is -3.95. The highest BCUT2D eigenvalue weighted by molar-refractivity contribution is 8.00. The van der Waals surface area contributed by atoms with Crippen LogP contribution in [-0.4, -0.2) is 33.1 Å². The molecule has 1 aromatic heterocycles. The summed E-state index contributed by atoms with van der Waals surface area (Å²) in [5.41, 5.74) is 4.45. The van der Waals surface area contributed by atoms with E-state index in [2.05, 4.69) is 24.0 Å². The van der Waals surface area contributed by atoms with Crippen molar-refractivity contribution in [1.29, 1.82) is 0 Å². The largest absolute Gasteiger partial charge is 0.507 e. The number of hydrogen-bond donors (Lipinski definition) is 1. The van der Waals surface area contributed by atoms with Gasteiger partial charge in [-0.1, -0.05) is 91.5 Å². The molecule has 2 aliphatic rings. The van der Waals surface area contributed by atoms with Crippen LogP contribution in [0.5, 0.6) is 5.75 Å². The van der Waals surface area contributed by atoms with Crippen molar-refractivity contribution in [3.05, 3.63) is 106 Å². The number of anilines is 1. The van der Waals surface area contributed by atoms with Crippen LogP contribution in [0, 0.1) is 0 Å². The van der Waals surface area contributed by atoms with Gasteiger partial charge in [-0.25, -0.2) is 0 Å². The van der Waals surface area contributed by atoms with Crippen molar-refractivity contribution in [1.82, 2.24) is 10.2 Å². The lowest BCUT2D eigenvalue weighted by Crippen LogP contribution is -2.29. The van der Waals surface area contributed by atoms with E-state index in [1.54, 1.807) is 12.1 Å². The van der Waals surface area contributed by atoms with Crippen molar-refractivity contribution in [3.63, 3.8) is 0 Å². The zero-order chi connectivity index (χ0) is 28.7. The zero-order valence-electron chi connectivity index (χ0n) is 22.9. The van der Waals surface area contributed by atoms with Gasteiger partial charge >= 0.3 is 5.91 Å². The molecule has 0 aliphatic carbocycles. The van der Waals surface area contributed by atoms with Crippen molar-refractivity contribution in [2.45, 2.75) is 55.3 Å². The molecule has 7 nitrogen and oxygen atoms in total. The second-order valence-electron chi connectivity index (χ2n) is 10.6. The Bertz CT molecular complexity index is 1650. The zero-order valence-corrected chi connectivity index (χ0v) is 24.5. The Kier molecular flexibility index (Phi) is 7.40. The van der Waals surface area contributed by atoms with E-state index in [0.29, 0.717) is 38.7 Å². The van der Waals surface area contributed by atoms with E-state index in [1.807, 2.05) is 67.6 Å². The summed E-state index contributed by atoms with van der Waals surface area (Å²) in [6.45, 7) is 6.20. The van der Waals surface area contributed by atoms with Crippen LogP contribution in [0.25, 0.3) is 5.76 Å². The Labute approximate surface area is 246 Å². The van der Waals surface area contributed by atoms with Crippen LogP contribution in [0.1, 0.15) is 60.5 Å². The summed E-state index contributed by atoms with van der Waals surface area (Å²) in [5, 5.41) is 20.5. The minimum atomic E-state index is -0.848. The van der Waals surface area contributed by atoms with Gasteiger partial charge in [0.1, 0.15) is 17.6 Å². The number of ether oxygens (including phenoxy) is 1. The van der Waals surface area contributed by atoms with Crippen molar-refractivity contribution in [2.75, 3.05) is 4.90 Å². The molecule has 0 unspecified atom stereocenters. The SMILES string of the molecule is CC(C)c1ccc([C@H]2C(=C(O)c3ccc4c(c3)C[C@H](C)O4)C(=O)C(=O)N2c2nnc(SCc3ccccc3)s2)cc1. The van der Waals surface area contributed by atoms with Crippen LogP contribution in [0.15, 0.2) is 82.7 Å². The molecule has 0 bridgehead atoms. The van der Waals surface area contributed by atoms with Crippen LogP contribution in [-0.2, 0) is 21.8 Å². The van der Waals surface area contributed by atoms with Gasteiger partial charge in [0.2, 0.25) is 5.13 Å². The number of hydrogen-bond acceptors (Lipinski definition) is 8. The molecule has 1 N–H and O–H groups in total. The summed E-state index contributed by atoms with van der Waals surface area (Å²) in [7, 11) is 0. The molecular formula is C32H29N3O4S2. The Balaban J connectivity index is 1.40. The van der Waals surface area contributed by atoms with Gasteiger partial charge < -0.3 is 9.84 Å². The third-order valence-corrected chi connectivity index (χ3v) is 9.47. The number of benzene rings is 3. The molecule has 208 valence electrons. The maximum Gasteiger partial charge on any atom is 0.301 e. The lowest BCUT2D eigenvalue weighted by atomic mass is 9.93. The molecule has 4 aromatic rings. The normalized spacial score (nSPS) is 19.6. The lowest BCUT2D eigenvalue weighted by Gasteiger charge is -2.23. The third-order valence-electron chi connectivity index (χ3n) is 7.34. The second-order valence-corrected chi connectivity index (χ2v) is 12.7. The van der Waals surface area contributed by atoms with Crippen molar-refractivity contribution in [2.24, 2.45) is 0 Å². The molecule has 0 spiro atoms. The van der Waals surface area contributed by atoms with E-state index in [1.165, 1.54) is 28.0 Å². The molecule has 0 saturated carbocycles. The Morgan fingerprint density at radius 1 is 1.07 bits per heavy atom. The van der Waals surface area contributed by atoms with Crippen molar-refractivity contribution < 1.29 is 19.4 Å². The maximum absolute atomic E-state index is 13.6. The monoisotopic (exact) mass is 583 g/mol. The molecule has 9 heteroatoms. The molecule has 1 fully saturated rings. The molecule has 3 heterocycles. The average molecular weight is 584 g/mol. The fourth-order valence-corrected chi connectivity index (χ4v) is 7.03. The predicted octanol–water partition coefficient (Wildman–Crippen LogP) is 6.90. The number of carbonyl (C=O) groups excluding carboxylic acids is 2. The van der Waals surface area contributed by atoms with Crippen LogP contribution >= 0.6 is 23.1 Å². The highest BCUT2D eigenvalue weighted by Crippen LogP contribution is 2.44. The minimum Gasteiger partial charge on any atom is -0.507 e. The fraction of sp³-hybridized carbons (Fsp3) is 0.250. The number of amides is 1. The first-order valence-corrected chi connectivity index (χ1v) is 15.3. The first-order valence-electron chi connectivity index (χ1n) is 13.5. The summed E-state index contributed by atoms with van der Waals surface area (Å²) < 4.78 is 6.50. The number of Topliss-reactive ketones (excluding diaryl/α,β-unsaturated/α-hetero) is 1. The molecule has 1 amide bonds. The number of fused-ring (bicyclic) bond motifs is 1. The van der Waals surface area contributed by atoms with Gasteiger partial charge in [-0.05, 0) is 53.3 Å². The van der Waals surface area contributed by atoms with Gasteiger partial charge in [-0.3, -0.25) is 14.5 Å². The number of aliphatic hydroxyl groups is 1. The summed E-state index contributed by atoms with van der Waals surface area (Å²) in [5.74, 6) is 0.0881. The van der Waals surface area contributed by atoms with E-state index < -0.39 is 17.7 Å². The highest BCUT2D eigenvalue weighted by Gasteiger charge is 2.48. The quantitative estimate of drug-likeness (QED) is 0.0831. The van der Waals surface area contributed by atoms with E-state index in [0.717, 1.165) is 22.4 Å². The summed E-state index contributed by atoms with van der Waals surface area (Å²) >= 11 is 2.78. The predicted molar refractivity (Wildman–Crippen MR) is 161 cm³/mol. The summed E-state index contributed by atoms with van der Waals surface area (Å²) in [6.07, 6.45) is 0.748. The van der Waals surface area contributed by atoms with Crippen LogP contribution < -0.4 is 9.64 Å². The number of ketones is 1. The number of aliphatic hydroxyl groups excluding tert-OH is 1. The number of aromatic nitrogens is 2. The molecule has 1 saturated heterocycles. The molecule has 0 radical (unpaired) electrons. The van der Waals surface area contributed by atoms with E-state index in [4.69, 9.17) is 4.74 Å². The first kappa shape index (κ1) is 27.2. The fourth-order valence-electron chi connectivity index (χ4n) is 5.21. The minimum absolute atomic E-state index is 0.0351. The third kappa shape index (κ3) is 5.27. The standard InChI is InChI=1S/C32H29N3O4S2/c1-18(2)21-9-11-22(12-10-21)27-26(28(36)23-13-14-25-24(16-23)15-19(3)39-25)29(37)30(38)35(27)31-33-34-32(41-31)40-17-20-7-5-4-6-8-20/h4-14,16,18-19,27,36H,15,17H2,1-3H3/t19-,27-/m0/s1. The molecule has 41 heavy (non-hydrogen) atoms. The number of rotatable bonds is 7. The number of nitrogens with zero attached hydrogens (tertiary/aromatic N) is 3. The molecule has 6 rings (SSSR count). The molecule has 3 aromatic carbocycles. The number of carbonyl (C=O) groups is 2. The lowest BCUT2D eigenvalue weighted by molar-refractivity contribution is -0.132. The molecular weight excluding hydrogens is 555 g/mol. The first-order chi connectivity index (χ1) is 19.8. The van der Waals surface area contributed by atoms with Gasteiger partial charge in [0.25, 0.3) is 5.78 Å². The molecule has 2 aliphatic heterocycles. The van der Waals surface area contributed by atoms with E-state index >= 15 is 0 Å². The summed E-state index contributed by atoms with van der Waals surface area (Å²) in [4.78, 5) is 28.5. The number of thioether (sulfide) groups is 1. The Morgan fingerprint density at radius 3 is 2.56 bits per heavy atom. The highest BCUT2D eigenvalue weighted by atomic mass is 32.2. The van der Waals surface area contributed by atoms with Gasteiger partial charge in [-0.2, -0.15) is 0 Å². The van der Waals surface area contributed by atoms with Gasteiger partial charge in [-0.15, -0.1) is 10.2 Å². The van der Waals surface area contributed by atoms with Gasteiger partial charge in [0.15, 0.2) is 4.34 Å². The summed E-state index contributed by atoms with van der Waals surface area (Å²) in [6, 6.07) is 22.4. The van der Waals surface area contributed by atoms with E-state index in [9.17, 15) is 14.7 Å². The van der Waals surface area contributed by atoms with Gasteiger partial charge in [0.05, 0.1) is 11.6 Å². The van der Waals surface area contributed by atoms with Gasteiger partial charge in [0, 0.05) is 17.7 Å². The maximum atomic E-state index is 13.6. The van der Waals surface area contributed by atoms with Crippen LogP contribution in [0.2, 0.25) is 0 Å². The Morgan fingerprint density at radius 2 is 1.83 bits per heavy atom. The molecule has 2 atom stereocenters. The van der Waals surface area contributed by atoms with Crippen molar-refractivity contribution in [3.8, 4) is 5.75 Å².